The maximum absolute atomic E-state index is 10.5. The van der Waals surface area contributed by atoms with Crippen LogP contribution in [0.25, 0.3) is 0 Å². The summed E-state index contributed by atoms with van der Waals surface area (Å²) in [5, 5.41) is 8.63. The molecule has 1 rings (SSSR count). The van der Waals surface area contributed by atoms with Gasteiger partial charge in [0.2, 0.25) is 0 Å². The molecule has 0 heterocycles. The van der Waals surface area contributed by atoms with Gasteiger partial charge in [0.1, 0.15) is 0 Å². The average Bonchev–Trinajstić information content (AvgIpc) is 2.18. The number of benzene rings is 1. The highest BCUT2D eigenvalue weighted by Crippen LogP contribution is 2.20. The number of hydrogen-bond donors (Lipinski definition) is 1. The van der Waals surface area contributed by atoms with Crippen molar-refractivity contribution in [3.63, 3.8) is 0 Å². The zero-order valence-electron chi connectivity index (χ0n) is 9.36. The zero-order valence-corrected chi connectivity index (χ0v) is 9.36. The molecule has 0 fully saturated rings. The van der Waals surface area contributed by atoms with Crippen LogP contribution in [0, 0.1) is 0 Å². The zero-order chi connectivity index (χ0) is 11.3. The standard InChI is InChI=1S/C13H18O2/c1-3-4-10(2)12-7-5-11(6-8-12)9-13(14)15/h5-8,10H,3-4,9H2,1-2H3,(H,14,15). The van der Waals surface area contributed by atoms with Crippen LogP contribution in [-0.4, -0.2) is 11.1 Å². The van der Waals surface area contributed by atoms with Crippen LogP contribution >= 0.6 is 0 Å². The normalized spacial score (nSPS) is 12.4. The molecule has 0 aliphatic carbocycles. The first-order chi connectivity index (χ1) is 7.13. The third-order valence-electron chi connectivity index (χ3n) is 2.63. The minimum absolute atomic E-state index is 0.114. The molecule has 0 aliphatic rings. The van der Waals surface area contributed by atoms with Crippen LogP contribution in [-0.2, 0) is 11.2 Å². The van der Waals surface area contributed by atoms with Gasteiger partial charge in [-0.1, -0.05) is 44.5 Å². The van der Waals surface area contributed by atoms with Gasteiger partial charge in [0.25, 0.3) is 0 Å². The van der Waals surface area contributed by atoms with Crippen molar-refractivity contribution in [2.24, 2.45) is 0 Å². The van der Waals surface area contributed by atoms with Crippen molar-refractivity contribution in [2.45, 2.75) is 39.0 Å². The van der Waals surface area contributed by atoms with Crippen LogP contribution in [0.5, 0.6) is 0 Å². The maximum atomic E-state index is 10.5. The van der Waals surface area contributed by atoms with Crippen molar-refractivity contribution >= 4 is 5.97 Å². The lowest BCUT2D eigenvalue weighted by molar-refractivity contribution is -0.136. The summed E-state index contributed by atoms with van der Waals surface area (Å²) < 4.78 is 0. The molecule has 2 heteroatoms. The molecule has 0 aliphatic heterocycles. The third-order valence-corrected chi connectivity index (χ3v) is 2.63. The van der Waals surface area contributed by atoms with Crippen molar-refractivity contribution in [2.75, 3.05) is 0 Å². The number of carbonyl (C=O) groups is 1. The van der Waals surface area contributed by atoms with E-state index in [1.165, 1.54) is 18.4 Å². The Morgan fingerprint density at radius 2 is 1.93 bits per heavy atom. The Labute approximate surface area is 90.9 Å². The van der Waals surface area contributed by atoms with Gasteiger partial charge in [-0.25, -0.2) is 0 Å². The predicted molar refractivity (Wildman–Crippen MR) is 61.1 cm³/mol. The summed E-state index contributed by atoms with van der Waals surface area (Å²) in [6.45, 7) is 4.38. The second-order valence-corrected chi connectivity index (χ2v) is 4.00. The molecule has 1 atom stereocenters. The van der Waals surface area contributed by atoms with Gasteiger partial charge in [-0.3, -0.25) is 4.79 Å². The summed E-state index contributed by atoms with van der Waals surface area (Å²) in [7, 11) is 0. The van der Waals surface area contributed by atoms with Gasteiger partial charge in [-0.05, 0) is 23.5 Å². The minimum Gasteiger partial charge on any atom is -0.481 e. The maximum Gasteiger partial charge on any atom is 0.307 e. The molecule has 15 heavy (non-hydrogen) atoms. The lowest BCUT2D eigenvalue weighted by Crippen LogP contribution is -2.00. The molecule has 0 radical (unpaired) electrons. The van der Waals surface area contributed by atoms with Gasteiger partial charge in [-0.2, -0.15) is 0 Å². The van der Waals surface area contributed by atoms with E-state index in [4.69, 9.17) is 5.11 Å². The molecule has 1 unspecified atom stereocenters. The van der Waals surface area contributed by atoms with Crippen molar-refractivity contribution in [1.82, 2.24) is 0 Å². The summed E-state index contributed by atoms with van der Waals surface area (Å²) >= 11 is 0. The van der Waals surface area contributed by atoms with Crippen LogP contribution in [0.3, 0.4) is 0 Å². The van der Waals surface area contributed by atoms with E-state index in [9.17, 15) is 4.79 Å². The second-order valence-electron chi connectivity index (χ2n) is 4.00. The van der Waals surface area contributed by atoms with Crippen molar-refractivity contribution in [3.8, 4) is 0 Å². The second kappa shape index (κ2) is 5.54. The first-order valence-electron chi connectivity index (χ1n) is 5.44. The van der Waals surface area contributed by atoms with Crippen LogP contribution < -0.4 is 0 Å². The van der Waals surface area contributed by atoms with E-state index in [2.05, 4.69) is 13.8 Å². The van der Waals surface area contributed by atoms with Gasteiger partial charge in [0.05, 0.1) is 6.42 Å². The van der Waals surface area contributed by atoms with E-state index >= 15 is 0 Å². The molecule has 1 aromatic carbocycles. The molecule has 0 bridgehead atoms. The fourth-order valence-corrected chi connectivity index (χ4v) is 1.74. The summed E-state index contributed by atoms with van der Waals surface area (Å²) in [4.78, 5) is 10.5. The summed E-state index contributed by atoms with van der Waals surface area (Å²) in [6.07, 6.45) is 2.47. The van der Waals surface area contributed by atoms with E-state index in [1.807, 2.05) is 24.3 Å². The van der Waals surface area contributed by atoms with Crippen LogP contribution in [0.1, 0.15) is 43.7 Å². The fourth-order valence-electron chi connectivity index (χ4n) is 1.74. The molecule has 2 nitrogen and oxygen atoms in total. The molecular weight excluding hydrogens is 188 g/mol. The average molecular weight is 206 g/mol. The molecular formula is C13H18O2. The van der Waals surface area contributed by atoms with E-state index in [-0.39, 0.29) is 6.42 Å². The lowest BCUT2D eigenvalue weighted by atomic mass is 9.95. The Morgan fingerprint density at radius 1 is 1.33 bits per heavy atom. The number of carboxylic acid groups (broad SMARTS) is 1. The van der Waals surface area contributed by atoms with Gasteiger partial charge in [-0.15, -0.1) is 0 Å². The molecule has 1 N–H and O–H groups in total. The highest BCUT2D eigenvalue weighted by molar-refractivity contribution is 5.70. The van der Waals surface area contributed by atoms with Crippen molar-refractivity contribution < 1.29 is 9.90 Å². The van der Waals surface area contributed by atoms with Crippen molar-refractivity contribution in [1.29, 1.82) is 0 Å². The molecule has 0 aromatic heterocycles. The number of rotatable bonds is 5. The monoisotopic (exact) mass is 206 g/mol. The largest absolute Gasteiger partial charge is 0.481 e. The van der Waals surface area contributed by atoms with Crippen LogP contribution in [0.15, 0.2) is 24.3 Å². The van der Waals surface area contributed by atoms with Gasteiger partial charge in [0.15, 0.2) is 0 Å². The van der Waals surface area contributed by atoms with Crippen molar-refractivity contribution in [3.05, 3.63) is 35.4 Å². The molecule has 0 saturated heterocycles. The summed E-state index contributed by atoms with van der Waals surface area (Å²) in [5.74, 6) is -0.210. The van der Waals surface area contributed by atoms with E-state index in [0.717, 1.165) is 5.56 Å². The van der Waals surface area contributed by atoms with Gasteiger partial charge >= 0.3 is 5.97 Å². The van der Waals surface area contributed by atoms with Crippen LogP contribution in [0.2, 0.25) is 0 Å². The Hall–Kier alpha value is -1.31. The van der Waals surface area contributed by atoms with Gasteiger partial charge in [0, 0.05) is 0 Å². The highest BCUT2D eigenvalue weighted by Gasteiger charge is 2.05. The first-order valence-corrected chi connectivity index (χ1v) is 5.44. The summed E-state index contributed by atoms with van der Waals surface area (Å²) in [6, 6.07) is 7.91. The number of hydrogen-bond acceptors (Lipinski definition) is 1. The predicted octanol–water partition coefficient (Wildman–Crippen LogP) is 3.22. The Morgan fingerprint density at radius 3 is 2.40 bits per heavy atom. The third kappa shape index (κ3) is 3.74. The molecule has 1 aromatic rings. The summed E-state index contributed by atoms with van der Waals surface area (Å²) in [5.41, 5.74) is 2.17. The topological polar surface area (TPSA) is 37.3 Å². The van der Waals surface area contributed by atoms with Gasteiger partial charge < -0.3 is 5.11 Å². The SMILES string of the molecule is CCCC(C)c1ccc(CC(=O)O)cc1. The molecule has 0 saturated carbocycles. The van der Waals surface area contributed by atoms with E-state index in [1.54, 1.807) is 0 Å². The van der Waals surface area contributed by atoms with Crippen LogP contribution in [0.4, 0.5) is 0 Å². The Bertz CT molecular complexity index is 314. The highest BCUT2D eigenvalue weighted by atomic mass is 16.4. The number of carboxylic acids is 1. The van der Waals surface area contributed by atoms with E-state index in [0.29, 0.717) is 5.92 Å². The molecule has 0 spiro atoms. The fraction of sp³-hybridized carbons (Fsp3) is 0.462. The molecule has 0 amide bonds. The smallest absolute Gasteiger partial charge is 0.307 e. The quantitative estimate of drug-likeness (QED) is 0.803. The Kier molecular flexibility index (Phi) is 4.35. The van der Waals surface area contributed by atoms with E-state index < -0.39 is 5.97 Å². The molecule has 82 valence electrons. The lowest BCUT2D eigenvalue weighted by Gasteiger charge is -2.10. The minimum atomic E-state index is -0.774. The Balaban J connectivity index is 2.67. The number of aliphatic carboxylic acids is 1. The first kappa shape index (κ1) is 11.8.